The lowest BCUT2D eigenvalue weighted by molar-refractivity contribution is 0.126. The SMILES string of the molecule is CCCC1CCC(C#N)C(S(=O)(=O)C2CCOC2C)C1. The first-order valence-corrected chi connectivity index (χ1v) is 9.35. The van der Waals surface area contributed by atoms with E-state index >= 15 is 0 Å². The Balaban J connectivity index is 2.19. The number of nitriles is 1. The zero-order valence-electron chi connectivity index (χ0n) is 12.4. The Labute approximate surface area is 122 Å². The first-order chi connectivity index (χ1) is 9.50. The third-order valence-electron chi connectivity index (χ3n) is 4.91. The van der Waals surface area contributed by atoms with Crippen LogP contribution < -0.4 is 0 Å². The molecule has 1 heterocycles. The van der Waals surface area contributed by atoms with E-state index in [1.807, 2.05) is 6.92 Å². The average molecular weight is 299 g/mol. The van der Waals surface area contributed by atoms with Gasteiger partial charge >= 0.3 is 0 Å². The molecule has 0 bridgehead atoms. The van der Waals surface area contributed by atoms with Crippen molar-refractivity contribution in [1.82, 2.24) is 0 Å². The molecular formula is C15H25NO3S. The van der Waals surface area contributed by atoms with Crippen molar-refractivity contribution < 1.29 is 13.2 Å². The molecule has 2 rings (SSSR count). The van der Waals surface area contributed by atoms with Crippen LogP contribution in [0.4, 0.5) is 0 Å². The highest BCUT2D eigenvalue weighted by Crippen LogP contribution is 2.38. The van der Waals surface area contributed by atoms with Crippen LogP contribution >= 0.6 is 0 Å². The maximum Gasteiger partial charge on any atom is 0.159 e. The second kappa shape index (κ2) is 6.44. The summed E-state index contributed by atoms with van der Waals surface area (Å²) in [5.74, 6) is 0.128. The molecule has 2 fully saturated rings. The molecule has 0 amide bonds. The Hall–Kier alpha value is -0.600. The molecule has 5 unspecified atom stereocenters. The Bertz CT molecular complexity index is 468. The van der Waals surface area contributed by atoms with E-state index in [2.05, 4.69) is 13.0 Å². The standard InChI is InChI=1S/C15H25NO3S/c1-3-4-12-5-6-13(10-16)15(9-12)20(17,18)14-7-8-19-11(14)2/h11-15H,3-9H2,1-2H3. The second-order valence-corrected chi connectivity index (χ2v) is 8.62. The van der Waals surface area contributed by atoms with E-state index in [4.69, 9.17) is 4.74 Å². The maximum absolute atomic E-state index is 12.9. The molecule has 1 aliphatic carbocycles. The lowest BCUT2D eigenvalue weighted by Crippen LogP contribution is -2.43. The Morgan fingerprint density at radius 3 is 2.55 bits per heavy atom. The Morgan fingerprint density at radius 1 is 1.25 bits per heavy atom. The van der Waals surface area contributed by atoms with Gasteiger partial charge in [0, 0.05) is 6.61 Å². The predicted octanol–water partition coefficient (Wildman–Crippen LogP) is 2.69. The normalized spacial score (nSPS) is 38.5. The summed E-state index contributed by atoms with van der Waals surface area (Å²) in [6.45, 7) is 4.49. The molecule has 2 aliphatic rings. The van der Waals surface area contributed by atoms with E-state index in [0.717, 1.165) is 25.7 Å². The van der Waals surface area contributed by atoms with E-state index in [-0.39, 0.29) is 12.0 Å². The van der Waals surface area contributed by atoms with Crippen LogP contribution in [0.25, 0.3) is 0 Å². The zero-order chi connectivity index (χ0) is 14.8. The number of hydrogen-bond donors (Lipinski definition) is 0. The predicted molar refractivity (Wildman–Crippen MR) is 77.9 cm³/mol. The van der Waals surface area contributed by atoms with Gasteiger partial charge in [-0.3, -0.25) is 0 Å². The highest BCUT2D eigenvalue weighted by Gasteiger charge is 2.46. The van der Waals surface area contributed by atoms with E-state index in [1.165, 1.54) is 0 Å². The summed E-state index contributed by atoms with van der Waals surface area (Å²) in [5, 5.41) is 8.41. The number of ether oxygens (including phenoxy) is 1. The molecule has 0 spiro atoms. The van der Waals surface area contributed by atoms with Gasteiger partial charge in [-0.15, -0.1) is 0 Å². The minimum atomic E-state index is -3.27. The van der Waals surface area contributed by atoms with Crippen LogP contribution in [0.2, 0.25) is 0 Å². The van der Waals surface area contributed by atoms with Gasteiger partial charge in [0.2, 0.25) is 0 Å². The van der Waals surface area contributed by atoms with Crippen LogP contribution in [0.3, 0.4) is 0 Å². The van der Waals surface area contributed by atoms with Crippen LogP contribution in [0.1, 0.15) is 52.4 Å². The maximum atomic E-state index is 12.9. The van der Waals surface area contributed by atoms with E-state index in [9.17, 15) is 13.7 Å². The Morgan fingerprint density at radius 2 is 2.00 bits per heavy atom. The number of nitrogens with zero attached hydrogens (tertiary/aromatic N) is 1. The lowest BCUT2D eigenvalue weighted by atomic mass is 9.80. The van der Waals surface area contributed by atoms with Gasteiger partial charge in [-0.1, -0.05) is 19.8 Å². The van der Waals surface area contributed by atoms with Gasteiger partial charge in [-0.25, -0.2) is 8.42 Å². The fourth-order valence-electron chi connectivity index (χ4n) is 3.76. The van der Waals surface area contributed by atoms with Crippen LogP contribution in [0.15, 0.2) is 0 Å². The van der Waals surface area contributed by atoms with E-state index < -0.39 is 20.3 Å². The molecule has 0 N–H and O–H groups in total. The van der Waals surface area contributed by atoms with Crippen molar-refractivity contribution in [2.75, 3.05) is 6.61 Å². The van der Waals surface area contributed by atoms with Crippen LogP contribution in [0, 0.1) is 23.2 Å². The number of hydrogen-bond acceptors (Lipinski definition) is 4. The van der Waals surface area contributed by atoms with Crippen LogP contribution in [-0.2, 0) is 14.6 Å². The summed E-state index contributed by atoms with van der Waals surface area (Å²) in [4.78, 5) is 0. The molecule has 114 valence electrons. The van der Waals surface area contributed by atoms with E-state index in [1.54, 1.807) is 0 Å². The van der Waals surface area contributed by atoms with Crippen molar-refractivity contribution in [3.63, 3.8) is 0 Å². The minimum Gasteiger partial charge on any atom is -0.377 e. The molecule has 0 aromatic rings. The van der Waals surface area contributed by atoms with Gasteiger partial charge in [0.25, 0.3) is 0 Å². The monoisotopic (exact) mass is 299 g/mol. The van der Waals surface area contributed by atoms with Gasteiger partial charge in [-0.05, 0) is 38.5 Å². The van der Waals surface area contributed by atoms with Crippen molar-refractivity contribution >= 4 is 9.84 Å². The Kier molecular flexibility index (Phi) is 5.09. The highest BCUT2D eigenvalue weighted by molar-refractivity contribution is 7.92. The fourth-order valence-corrected chi connectivity index (χ4v) is 6.44. The van der Waals surface area contributed by atoms with Crippen LogP contribution in [0.5, 0.6) is 0 Å². The number of rotatable bonds is 4. The van der Waals surface area contributed by atoms with Gasteiger partial charge in [0.05, 0.1) is 28.6 Å². The molecule has 1 aliphatic heterocycles. The molecule has 0 radical (unpaired) electrons. The topological polar surface area (TPSA) is 67.2 Å². The van der Waals surface area contributed by atoms with Gasteiger partial charge < -0.3 is 4.74 Å². The molecular weight excluding hydrogens is 274 g/mol. The molecule has 5 atom stereocenters. The largest absolute Gasteiger partial charge is 0.377 e. The lowest BCUT2D eigenvalue weighted by Gasteiger charge is -2.34. The summed E-state index contributed by atoms with van der Waals surface area (Å²) in [5.41, 5.74) is 0. The van der Waals surface area contributed by atoms with Crippen molar-refractivity contribution in [2.24, 2.45) is 11.8 Å². The smallest absolute Gasteiger partial charge is 0.159 e. The summed E-state index contributed by atoms with van der Waals surface area (Å²) >= 11 is 0. The van der Waals surface area contributed by atoms with E-state index in [0.29, 0.717) is 25.4 Å². The summed E-state index contributed by atoms with van der Waals surface area (Å²) in [7, 11) is -3.27. The van der Waals surface area contributed by atoms with Gasteiger partial charge in [0.1, 0.15) is 0 Å². The molecule has 0 aromatic heterocycles. The quantitative estimate of drug-likeness (QED) is 0.800. The first kappa shape index (κ1) is 15.8. The third-order valence-corrected chi connectivity index (χ3v) is 7.74. The van der Waals surface area contributed by atoms with Crippen molar-refractivity contribution in [3.8, 4) is 6.07 Å². The van der Waals surface area contributed by atoms with Gasteiger partial charge in [-0.2, -0.15) is 5.26 Å². The van der Waals surface area contributed by atoms with Crippen molar-refractivity contribution in [2.45, 2.75) is 69.0 Å². The number of sulfone groups is 1. The molecule has 4 nitrogen and oxygen atoms in total. The molecule has 5 heteroatoms. The summed E-state index contributed by atoms with van der Waals surface area (Å²) < 4.78 is 31.2. The summed E-state index contributed by atoms with van der Waals surface area (Å²) in [6.07, 6.45) is 4.89. The minimum absolute atomic E-state index is 0.231. The third kappa shape index (κ3) is 3.01. The fraction of sp³-hybridized carbons (Fsp3) is 0.933. The summed E-state index contributed by atoms with van der Waals surface area (Å²) in [6, 6.07) is 2.24. The molecule has 20 heavy (non-hydrogen) atoms. The molecule has 0 aromatic carbocycles. The second-order valence-electron chi connectivity index (χ2n) is 6.23. The van der Waals surface area contributed by atoms with Crippen molar-refractivity contribution in [3.05, 3.63) is 0 Å². The molecule has 1 saturated heterocycles. The average Bonchev–Trinajstić information content (AvgIpc) is 2.86. The zero-order valence-corrected chi connectivity index (χ0v) is 13.2. The highest BCUT2D eigenvalue weighted by atomic mass is 32.2. The van der Waals surface area contributed by atoms with Crippen molar-refractivity contribution in [1.29, 1.82) is 5.26 Å². The molecule has 1 saturated carbocycles. The van der Waals surface area contributed by atoms with Gasteiger partial charge in [0.15, 0.2) is 9.84 Å². The van der Waals surface area contributed by atoms with Crippen LogP contribution in [-0.4, -0.2) is 31.6 Å². The first-order valence-electron chi connectivity index (χ1n) is 7.74.